The summed E-state index contributed by atoms with van der Waals surface area (Å²) in [6.45, 7) is 4.83. The zero-order chi connectivity index (χ0) is 14.5. The summed E-state index contributed by atoms with van der Waals surface area (Å²) in [4.78, 5) is 0.292. The van der Waals surface area contributed by atoms with Crippen molar-refractivity contribution in [2.24, 2.45) is 0 Å². The van der Waals surface area contributed by atoms with Gasteiger partial charge in [0.05, 0.1) is 11.4 Å². The van der Waals surface area contributed by atoms with Crippen LogP contribution in [0.5, 0.6) is 0 Å². The molecule has 0 aliphatic carbocycles. The average molecular weight is 280 g/mol. The molecule has 0 saturated heterocycles. The van der Waals surface area contributed by atoms with Crippen LogP contribution in [0.4, 0.5) is 0 Å². The molecule has 1 aromatic rings. The normalized spacial score (nSPS) is 11.5. The summed E-state index contributed by atoms with van der Waals surface area (Å²) in [5, 5.41) is 3.03. The van der Waals surface area contributed by atoms with E-state index in [4.69, 9.17) is 6.42 Å². The van der Waals surface area contributed by atoms with Crippen LogP contribution in [0, 0.1) is 19.3 Å². The molecule has 0 unspecified atom stereocenters. The molecule has 0 aliphatic rings. The van der Waals surface area contributed by atoms with Gasteiger partial charge in [-0.05, 0) is 37.2 Å². The highest BCUT2D eigenvalue weighted by Gasteiger charge is 2.22. The van der Waals surface area contributed by atoms with Gasteiger partial charge in [0, 0.05) is 13.1 Å². The van der Waals surface area contributed by atoms with E-state index in [1.165, 1.54) is 4.31 Å². The molecule has 0 fully saturated rings. The van der Waals surface area contributed by atoms with Crippen LogP contribution in [0.15, 0.2) is 23.1 Å². The number of nitrogens with one attached hydrogen (secondary N) is 1. The van der Waals surface area contributed by atoms with Gasteiger partial charge in [0.15, 0.2) is 0 Å². The van der Waals surface area contributed by atoms with E-state index in [1.54, 1.807) is 19.1 Å². The molecule has 19 heavy (non-hydrogen) atoms. The standard InChI is InChI=1S/C14H20N2O2S/c1-5-9-16(6-2)19(17,18)14-8-7-12(3)13(10-14)11-15-4/h1,7-8,10,15H,6,9,11H2,2-4H3. The molecular formula is C14H20N2O2S. The number of rotatable bonds is 6. The largest absolute Gasteiger partial charge is 0.316 e. The summed E-state index contributed by atoms with van der Waals surface area (Å²) in [7, 11) is -1.68. The van der Waals surface area contributed by atoms with Crippen molar-refractivity contribution in [2.75, 3.05) is 20.1 Å². The molecule has 0 saturated carbocycles. The SMILES string of the molecule is C#CCN(CC)S(=O)(=O)c1ccc(C)c(CNC)c1. The Morgan fingerprint density at radius 2 is 2.11 bits per heavy atom. The van der Waals surface area contributed by atoms with Crippen molar-refractivity contribution in [3.05, 3.63) is 29.3 Å². The number of benzene rings is 1. The van der Waals surface area contributed by atoms with E-state index in [2.05, 4.69) is 11.2 Å². The molecule has 0 heterocycles. The third-order valence-electron chi connectivity index (χ3n) is 2.95. The van der Waals surface area contributed by atoms with E-state index in [9.17, 15) is 8.42 Å². The zero-order valence-corrected chi connectivity index (χ0v) is 12.4. The van der Waals surface area contributed by atoms with Gasteiger partial charge in [-0.15, -0.1) is 6.42 Å². The summed E-state index contributed by atoms with van der Waals surface area (Å²) < 4.78 is 26.2. The first-order valence-electron chi connectivity index (χ1n) is 6.15. The maximum atomic E-state index is 12.4. The van der Waals surface area contributed by atoms with E-state index in [1.807, 2.05) is 20.0 Å². The number of terminal acetylenes is 1. The van der Waals surface area contributed by atoms with Crippen LogP contribution in [0.25, 0.3) is 0 Å². The van der Waals surface area contributed by atoms with Crippen LogP contribution in [0.2, 0.25) is 0 Å². The fourth-order valence-electron chi connectivity index (χ4n) is 1.81. The lowest BCUT2D eigenvalue weighted by atomic mass is 10.1. The molecule has 1 N–H and O–H groups in total. The average Bonchev–Trinajstić information content (AvgIpc) is 2.38. The molecule has 4 nitrogen and oxygen atoms in total. The maximum Gasteiger partial charge on any atom is 0.243 e. The second-order valence-electron chi connectivity index (χ2n) is 4.25. The van der Waals surface area contributed by atoms with Crippen LogP contribution in [-0.2, 0) is 16.6 Å². The van der Waals surface area contributed by atoms with Crippen molar-refractivity contribution < 1.29 is 8.42 Å². The van der Waals surface area contributed by atoms with Crippen LogP contribution in [0.3, 0.4) is 0 Å². The Morgan fingerprint density at radius 3 is 2.63 bits per heavy atom. The first kappa shape index (κ1) is 15.7. The Labute approximate surface area is 115 Å². The second kappa shape index (κ2) is 6.71. The molecule has 0 radical (unpaired) electrons. The van der Waals surface area contributed by atoms with Crippen LogP contribution < -0.4 is 5.32 Å². The topological polar surface area (TPSA) is 49.4 Å². The molecule has 0 bridgehead atoms. The highest BCUT2D eigenvalue weighted by Crippen LogP contribution is 2.19. The molecule has 1 aromatic carbocycles. The molecule has 0 atom stereocenters. The van der Waals surface area contributed by atoms with E-state index in [0.717, 1.165) is 11.1 Å². The number of hydrogen-bond acceptors (Lipinski definition) is 3. The Hall–Kier alpha value is -1.35. The summed E-state index contributed by atoms with van der Waals surface area (Å²) in [6, 6.07) is 5.16. The van der Waals surface area contributed by atoms with E-state index >= 15 is 0 Å². The van der Waals surface area contributed by atoms with Crippen LogP contribution in [0.1, 0.15) is 18.1 Å². The predicted molar refractivity (Wildman–Crippen MR) is 77.2 cm³/mol. The maximum absolute atomic E-state index is 12.4. The van der Waals surface area contributed by atoms with Crippen molar-refractivity contribution >= 4 is 10.0 Å². The Morgan fingerprint density at radius 1 is 1.42 bits per heavy atom. The minimum Gasteiger partial charge on any atom is -0.316 e. The molecule has 0 spiro atoms. The minimum atomic E-state index is -3.51. The third-order valence-corrected chi connectivity index (χ3v) is 4.86. The summed E-state index contributed by atoms with van der Waals surface area (Å²) in [5.74, 6) is 2.38. The van der Waals surface area contributed by atoms with Gasteiger partial charge in [0.2, 0.25) is 10.0 Å². The predicted octanol–water partition coefficient (Wildman–Crippen LogP) is 1.36. The Bertz CT molecular complexity index is 574. The highest BCUT2D eigenvalue weighted by atomic mass is 32.2. The molecule has 0 amide bonds. The summed E-state index contributed by atoms with van der Waals surface area (Å²) in [6.07, 6.45) is 5.22. The van der Waals surface area contributed by atoms with Crippen LogP contribution in [-0.4, -0.2) is 32.9 Å². The van der Waals surface area contributed by atoms with Crippen molar-refractivity contribution in [3.63, 3.8) is 0 Å². The lowest BCUT2D eigenvalue weighted by Gasteiger charge is -2.18. The number of aryl methyl sites for hydroxylation is 1. The molecule has 1 rings (SSSR count). The van der Waals surface area contributed by atoms with Gasteiger partial charge in [0.25, 0.3) is 0 Å². The molecule has 0 aliphatic heterocycles. The molecule has 0 aromatic heterocycles. The number of hydrogen-bond donors (Lipinski definition) is 1. The van der Waals surface area contributed by atoms with E-state index < -0.39 is 10.0 Å². The Kier molecular flexibility index (Phi) is 5.55. The number of sulfonamides is 1. The van der Waals surface area contributed by atoms with Gasteiger partial charge in [-0.2, -0.15) is 4.31 Å². The van der Waals surface area contributed by atoms with Gasteiger partial charge < -0.3 is 5.32 Å². The number of nitrogens with zero attached hydrogens (tertiary/aromatic N) is 1. The summed E-state index contributed by atoms with van der Waals surface area (Å²) >= 11 is 0. The zero-order valence-electron chi connectivity index (χ0n) is 11.6. The van der Waals surface area contributed by atoms with Crippen molar-refractivity contribution in [1.29, 1.82) is 0 Å². The second-order valence-corrected chi connectivity index (χ2v) is 6.19. The summed E-state index contributed by atoms with van der Waals surface area (Å²) in [5.41, 5.74) is 2.04. The molecule has 5 heteroatoms. The van der Waals surface area contributed by atoms with Crippen LogP contribution >= 0.6 is 0 Å². The van der Waals surface area contributed by atoms with Gasteiger partial charge in [-0.1, -0.05) is 18.9 Å². The first-order chi connectivity index (χ1) is 8.97. The first-order valence-corrected chi connectivity index (χ1v) is 7.59. The van der Waals surface area contributed by atoms with E-state index in [0.29, 0.717) is 18.0 Å². The Balaban J connectivity index is 3.21. The monoisotopic (exact) mass is 280 g/mol. The molecule has 104 valence electrons. The lowest BCUT2D eigenvalue weighted by molar-refractivity contribution is 0.464. The quantitative estimate of drug-likeness (QED) is 0.800. The van der Waals surface area contributed by atoms with Gasteiger partial charge >= 0.3 is 0 Å². The van der Waals surface area contributed by atoms with Gasteiger partial charge in [-0.25, -0.2) is 8.42 Å². The fourth-order valence-corrected chi connectivity index (χ4v) is 3.22. The van der Waals surface area contributed by atoms with Crippen molar-refractivity contribution in [3.8, 4) is 12.3 Å². The molecular weight excluding hydrogens is 260 g/mol. The van der Waals surface area contributed by atoms with Crippen molar-refractivity contribution in [2.45, 2.75) is 25.3 Å². The van der Waals surface area contributed by atoms with E-state index in [-0.39, 0.29) is 6.54 Å². The van der Waals surface area contributed by atoms with Gasteiger partial charge in [-0.3, -0.25) is 0 Å². The minimum absolute atomic E-state index is 0.0913. The smallest absolute Gasteiger partial charge is 0.243 e. The fraction of sp³-hybridized carbons (Fsp3) is 0.429. The third kappa shape index (κ3) is 3.57. The lowest BCUT2D eigenvalue weighted by Crippen LogP contribution is -2.31. The highest BCUT2D eigenvalue weighted by molar-refractivity contribution is 7.89. The van der Waals surface area contributed by atoms with Crippen molar-refractivity contribution in [1.82, 2.24) is 9.62 Å². The van der Waals surface area contributed by atoms with Gasteiger partial charge in [0.1, 0.15) is 0 Å².